The van der Waals surface area contributed by atoms with Gasteiger partial charge in [0.05, 0.1) is 13.2 Å². The Balaban J connectivity index is 1.43. The first kappa shape index (κ1) is 19.3. The fourth-order valence-corrected chi connectivity index (χ4v) is 3.01. The van der Waals surface area contributed by atoms with Crippen molar-refractivity contribution in [3.63, 3.8) is 0 Å². The molecule has 0 aliphatic carbocycles. The SMILES string of the molecule is O=C(NCCCN1CCOCC1)c1cccc(NCc2ccc(F)cc2)c1. The Labute approximate surface area is 159 Å². The second-order valence-electron chi connectivity index (χ2n) is 6.62. The third-order valence-electron chi connectivity index (χ3n) is 4.58. The maximum Gasteiger partial charge on any atom is 0.251 e. The maximum atomic E-state index is 13.0. The van der Waals surface area contributed by atoms with E-state index < -0.39 is 0 Å². The fraction of sp³-hybridized carbons (Fsp3) is 0.381. The van der Waals surface area contributed by atoms with Crippen molar-refractivity contribution < 1.29 is 13.9 Å². The van der Waals surface area contributed by atoms with E-state index in [1.807, 2.05) is 18.2 Å². The number of carbonyl (C=O) groups excluding carboxylic acids is 1. The lowest BCUT2D eigenvalue weighted by atomic mass is 10.1. The van der Waals surface area contributed by atoms with Crippen LogP contribution < -0.4 is 10.6 Å². The monoisotopic (exact) mass is 371 g/mol. The number of benzene rings is 2. The van der Waals surface area contributed by atoms with E-state index in [4.69, 9.17) is 4.74 Å². The molecule has 1 saturated heterocycles. The van der Waals surface area contributed by atoms with Gasteiger partial charge >= 0.3 is 0 Å². The third-order valence-corrected chi connectivity index (χ3v) is 4.58. The Morgan fingerprint density at radius 2 is 1.89 bits per heavy atom. The van der Waals surface area contributed by atoms with Crippen LogP contribution in [0.2, 0.25) is 0 Å². The molecule has 2 aromatic rings. The van der Waals surface area contributed by atoms with Crippen molar-refractivity contribution in [3.05, 3.63) is 65.5 Å². The van der Waals surface area contributed by atoms with Gasteiger partial charge in [0.25, 0.3) is 5.91 Å². The minimum absolute atomic E-state index is 0.0672. The maximum absolute atomic E-state index is 13.0. The van der Waals surface area contributed by atoms with Gasteiger partial charge in [-0.2, -0.15) is 0 Å². The van der Waals surface area contributed by atoms with Crippen LogP contribution in [0.1, 0.15) is 22.3 Å². The molecule has 1 aliphatic heterocycles. The van der Waals surface area contributed by atoms with Gasteiger partial charge in [-0.15, -0.1) is 0 Å². The number of halogens is 1. The van der Waals surface area contributed by atoms with Crippen LogP contribution in [-0.4, -0.2) is 50.2 Å². The summed E-state index contributed by atoms with van der Waals surface area (Å²) in [4.78, 5) is 14.7. The van der Waals surface area contributed by atoms with E-state index in [0.29, 0.717) is 18.7 Å². The van der Waals surface area contributed by atoms with E-state index in [1.165, 1.54) is 12.1 Å². The highest BCUT2D eigenvalue weighted by Crippen LogP contribution is 2.13. The summed E-state index contributed by atoms with van der Waals surface area (Å²) in [5.41, 5.74) is 2.47. The summed E-state index contributed by atoms with van der Waals surface area (Å²) in [6.07, 6.45) is 0.925. The molecule has 1 amide bonds. The van der Waals surface area contributed by atoms with Crippen LogP contribution in [0.4, 0.5) is 10.1 Å². The standard InChI is InChI=1S/C21H26FN3O2/c22-19-7-5-17(6-8-19)16-24-20-4-1-3-18(15-20)21(26)23-9-2-10-25-11-13-27-14-12-25/h1,3-8,15,24H,2,9-14,16H2,(H,23,26). The van der Waals surface area contributed by atoms with Gasteiger partial charge in [-0.1, -0.05) is 18.2 Å². The molecule has 3 rings (SSSR count). The van der Waals surface area contributed by atoms with Gasteiger partial charge in [-0.05, 0) is 48.9 Å². The predicted octanol–water partition coefficient (Wildman–Crippen LogP) is 2.89. The smallest absolute Gasteiger partial charge is 0.251 e. The van der Waals surface area contributed by atoms with Crippen molar-refractivity contribution in [1.29, 1.82) is 0 Å². The van der Waals surface area contributed by atoms with Crippen molar-refractivity contribution in [2.45, 2.75) is 13.0 Å². The first-order valence-corrected chi connectivity index (χ1v) is 9.37. The van der Waals surface area contributed by atoms with E-state index in [-0.39, 0.29) is 11.7 Å². The molecule has 2 N–H and O–H groups in total. The van der Waals surface area contributed by atoms with Gasteiger partial charge in [0.15, 0.2) is 0 Å². The summed E-state index contributed by atoms with van der Waals surface area (Å²) < 4.78 is 18.3. The zero-order valence-electron chi connectivity index (χ0n) is 15.4. The number of anilines is 1. The third kappa shape index (κ3) is 6.34. The first-order chi connectivity index (χ1) is 13.2. The van der Waals surface area contributed by atoms with E-state index in [9.17, 15) is 9.18 Å². The number of morpholine rings is 1. The van der Waals surface area contributed by atoms with Crippen LogP contribution in [0.25, 0.3) is 0 Å². The molecule has 0 saturated carbocycles. The molecule has 6 heteroatoms. The molecule has 1 heterocycles. The Morgan fingerprint density at radius 1 is 1.11 bits per heavy atom. The second kappa shape index (κ2) is 10.0. The van der Waals surface area contributed by atoms with Crippen molar-refractivity contribution in [3.8, 4) is 0 Å². The first-order valence-electron chi connectivity index (χ1n) is 9.37. The highest BCUT2D eigenvalue weighted by molar-refractivity contribution is 5.95. The molecule has 2 aromatic carbocycles. The Kier molecular flexibility index (Phi) is 7.19. The topological polar surface area (TPSA) is 53.6 Å². The van der Waals surface area contributed by atoms with Crippen molar-refractivity contribution in [2.75, 3.05) is 44.7 Å². The summed E-state index contributed by atoms with van der Waals surface area (Å²) in [7, 11) is 0. The average molecular weight is 371 g/mol. The number of nitrogens with zero attached hydrogens (tertiary/aromatic N) is 1. The molecule has 1 aliphatic rings. The van der Waals surface area contributed by atoms with Gasteiger partial charge < -0.3 is 15.4 Å². The molecular formula is C21H26FN3O2. The van der Waals surface area contributed by atoms with Gasteiger partial charge in [0, 0.05) is 37.4 Å². The van der Waals surface area contributed by atoms with Gasteiger partial charge in [0.2, 0.25) is 0 Å². The Hall–Kier alpha value is -2.44. The minimum atomic E-state index is -0.244. The van der Waals surface area contributed by atoms with Crippen LogP contribution in [0.3, 0.4) is 0 Å². The minimum Gasteiger partial charge on any atom is -0.381 e. The van der Waals surface area contributed by atoms with E-state index >= 15 is 0 Å². The highest BCUT2D eigenvalue weighted by atomic mass is 19.1. The van der Waals surface area contributed by atoms with Gasteiger partial charge in [-0.3, -0.25) is 9.69 Å². The van der Waals surface area contributed by atoms with Crippen LogP contribution in [0, 0.1) is 5.82 Å². The van der Waals surface area contributed by atoms with Crippen LogP contribution in [0.15, 0.2) is 48.5 Å². The number of rotatable bonds is 8. The lowest BCUT2D eigenvalue weighted by Gasteiger charge is -2.26. The summed E-state index contributed by atoms with van der Waals surface area (Å²) in [6, 6.07) is 13.8. The number of hydrogen-bond acceptors (Lipinski definition) is 4. The largest absolute Gasteiger partial charge is 0.381 e. The van der Waals surface area contributed by atoms with Crippen molar-refractivity contribution in [2.24, 2.45) is 0 Å². The zero-order valence-corrected chi connectivity index (χ0v) is 15.4. The number of ether oxygens (including phenoxy) is 1. The highest BCUT2D eigenvalue weighted by Gasteiger charge is 2.10. The molecule has 0 radical (unpaired) electrons. The molecular weight excluding hydrogens is 345 g/mol. The van der Waals surface area contributed by atoms with Crippen LogP contribution in [0.5, 0.6) is 0 Å². The molecule has 0 bridgehead atoms. The lowest BCUT2D eigenvalue weighted by Crippen LogP contribution is -2.38. The molecule has 144 valence electrons. The number of amides is 1. The van der Waals surface area contributed by atoms with E-state index in [1.54, 1.807) is 18.2 Å². The Morgan fingerprint density at radius 3 is 2.67 bits per heavy atom. The number of nitrogens with one attached hydrogen (secondary N) is 2. The molecule has 5 nitrogen and oxygen atoms in total. The Bertz CT molecular complexity index is 730. The molecule has 0 unspecified atom stereocenters. The van der Waals surface area contributed by atoms with Crippen LogP contribution in [-0.2, 0) is 11.3 Å². The van der Waals surface area contributed by atoms with Gasteiger partial charge in [-0.25, -0.2) is 4.39 Å². The summed E-state index contributed by atoms with van der Waals surface area (Å²) in [6.45, 7) is 5.73. The predicted molar refractivity (Wildman–Crippen MR) is 104 cm³/mol. The van der Waals surface area contributed by atoms with Gasteiger partial charge in [0.1, 0.15) is 5.82 Å². The van der Waals surface area contributed by atoms with Crippen LogP contribution >= 0.6 is 0 Å². The summed E-state index contributed by atoms with van der Waals surface area (Å²) in [5, 5.41) is 6.24. The summed E-state index contributed by atoms with van der Waals surface area (Å²) >= 11 is 0. The van der Waals surface area contributed by atoms with E-state index in [0.717, 1.165) is 50.5 Å². The molecule has 0 atom stereocenters. The fourth-order valence-electron chi connectivity index (χ4n) is 3.01. The summed E-state index contributed by atoms with van der Waals surface area (Å²) in [5.74, 6) is -0.312. The molecule has 1 fully saturated rings. The molecule has 27 heavy (non-hydrogen) atoms. The second-order valence-corrected chi connectivity index (χ2v) is 6.62. The number of hydrogen-bond donors (Lipinski definition) is 2. The zero-order chi connectivity index (χ0) is 18.9. The van der Waals surface area contributed by atoms with E-state index in [2.05, 4.69) is 15.5 Å². The van der Waals surface area contributed by atoms with Crippen molar-refractivity contribution >= 4 is 11.6 Å². The normalized spacial score (nSPS) is 14.7. The number of carbonyl (C=O) groups is 1. The molecule has 0 spiro atoms. The quantitative estimate of drug-likeness (QED) is 0.701. The lowest BCUT2D eigenvalue weighted by molar-refractivity contribution is 0.0374. The average Bonchev–Trinajstić information content (AvgIpc) is 2.71. The van der Waals surface area contributed by atoms with Crippen molar-refractivity contribution in [1.82, 2.24) is 10.2 Å². The molecule has 0 aromatic heterocycles.